The molecule has 1 amide bonds. The number of amides is 1. The van der Waals surface area contributed by atoms with Gasteiger partial charge in [0, 0.05) is 12.1 Å². The van der Waals surface area contributed by atoms with Crippen LogP contribution in [0.25, 0.3) is 0 Å². The van der Waals surface area contributed by atoms with Crippen LogP contribution in [0.4, 0.5) is 5.88 Å². The van der Waals surface area contributed by atoms with Crippen molar-refractivity contribution in [2.75, 3.05) is 11.9 Å². The maximum Gasteiger partial charge on any atom is 0.253 e. The lowest BCUT2D eigenvalue weighted by Crippen LogP contribution is -2.49. The molecule has 2 aliphatic rings. The highest BCUT2D eigenvalue weighted by molar-refractivity contribution is 7.91. The first-order chi connectivity index (χ1) is 12.6. The van der Waals surface area contributed by atoms with Crippen LogP contribution in [0.3, 0.4) is 0 Å². The third kappa shape index (κ3) is 3.19. The summed E-state index contributed by atoms with van der Waals surface area (Å²) < 4.78 is 32.8. The number of sulfonamides is 1. The van der Waals surface area contributed by atoms with Crippen molar-refractivity contribution in [1.29, 1.82) is 0 Å². The second-order valence-corrected chi connectivity index (χ2v) is 9.76. The van der Waals surface area contributed by atoms with Gasteiger partial charge in [0.15, 0.2) is 0 Å². The van der Waals surface area contributed by atoms with Gasteiger partial charge in [0.25, 0.3) is 10.0 Å². The predicted molar refractivity (Wildman–Crippen MR) is 97.6 cm³/mol. The zero-order valence-electron chi connectivity index (χ0n) is 14.3. The standard InChI is InChI=1S/C17H21N3O4S2/c21-16(18-17-12-6-1-2-7-13(12)19-24-17)14-8-3-4-10-20(14)26(22,23)15-9-5-11-25-15/h5,9,11,14H,1-4,6-8,10H2,(H,18,21)/t14-/m0/s1. The smallest absolute Gasteiger partial charge is 0.253 e. The van der Waals surface area contributed by atoms with Gasteiger partial charge in [0.2, 0.25) is 11.8 Å². The Labute approximate surface area is 156 Å². The highest BCUT2D eigenvalue weighted by Gasteiger charge is 2.38. The SMILES string of the molecule is O=C(Nc1onc2c1CCCC2)[C@@H]1CCCCN1S(=O)(=O)c1cccs1. The van der Waals surface area contributed by atoms with Crippen LogP contribution in [0, 0.1) is 0 Å². The van der Waals surface area contributed by atoms with Gasteiger partial charge < -0.3 is 4.52 Å². The highest BCUT2D eigenvalue weighted by atomic mass is 32.2. The van der Waals surface area contributed by atoms with Crippen LogP contribution >= 0.6 is 11.3 Å². The quantitative estimate of drug-likeness (QED) is 0.859. The zero-order chi connectivity index (χ0) is 18.1. The molecule has 9 heteroatoms. The molecule has 3 heterocycles. The van der Waals surface area contributed by atoms with E-state index in [0.717, 1.165) is 49.8 Å². The minimum absolute atomic E-state index is 0.272. The van der Waals surface area contributed by atoms with E-state index >= 15 is 0 Å². The van der Waals surface area contributed by atoms with Crippen molar-refractivity contribution in [3.05, 3.63) is 28.8 Å². The molecule has 140 valence electrons. The predicted octanol–water partition coefficient (Wildman–Crippen LogP) is 2.80. The molecule has 1 aliphatic heterocycles. The summed E-state index contributed by atoms with van der Waals surface area (Å²) in [6.45, 7) is 0.354. The number of anilines is 1. The molecule has 2 aromatic rings. The molecule has 2 aromatic heterocycles. The minimum atomic E-state index is -3.66. The second-order valence-electron chi connectivity index (χ2n) is 6.69. The summed E-state index contributed by atoms with van der Waals surface area (Å²) in [7, 11) is -3.66. The lowest BCUT2D eigenvalue weighted by Gasteiger charge is -2.33. The van der Waals surface area contributed by atoms with E-state index in [9.17, 15) is 13.2 Å². The van der Waals surface area contributed by atoms with Crippen LogP contribution in [-0.2, 0) is 27.7 Å². The Morgan fingerprint density at radius 3 is 2.92 bits per heavy atom. The van der Waals surface area contributed by atoms with E-state index in [-0.39, 0.29) is 10.1 Å². The lowest BCUT2D eigenvalue weighted by atomic mass is 9.97. The average molecular weight is 396 g/mol. The number of fused-ring (bicyclic) bond motifs is 1. The number of thiophene rings is 1. The van der Waals surface area contributed by atoms with Crippen LogP contribution in [0.15, 0.2) is 26.2 Å². The fraction of sp³-hybridized carbons (Fsp3) is 0.529. The summed E-state index contributed by atoms with van der Waals surface area (Å²) in [6, 6.07) is 2.56. The van der Waals surface area contributed by atoms with E-state index in [1.165, 1.54) is 15.6 Å². The second kappa shape index (κ2) is 7.13. The number of aromatic nitrogens is 1. The van der Waals surface area contributed by atoms with E-state index in [1.54, 1.807) is 17.5 Å². The van der Waals surface area contributed by atoms with Gasteiger partial charge in [-0.3, -0.25) is 10.1 Å². The summed E-state index contributed by atoms with van der Waals surface area (Å²) in [6.07, 6.45) is 5.89. The van der Waals surface area contributed by atoms with Crippen molar-refractivity contribution >= 4 is 33.2 Å². The summed E-state index contributed by atoms with van der Waals surface area (Å²) in [5.41, 5.74) is 1.85. The minimum Gasteiger partial charge on any atom is -0.338 e. The van der Waals surface area contributed by atoms with Gasteiger partial charge >= 0.3 is 0 Å². The van der Waals surface area contributed by atoms with E-state index in [4.69, 9.17) is 4.52 Å². The van der Waals surface area contributed by atoms with Gasteiger partial charge in [-0.2, -0.15) is 4.31 Å². The van der Waals surface area contributed by atoms with Crippen LogP contribution in [0.2, 0.25) is 0 Å². The normalized spacial score (nSPS) is 21.3. The molecule has 0 radical (unpaired) electrons. The van der Waals surface area contributed by atoms with Crippen LogP contribution in [-0.4, -0.2) is 36.4 Å². The molecular formula is C17H21N3O4S2. The highest BCUT2D eigenvalue weighted by Crippen LogP contribution is 2.31. The molecule has 0 saturated carbocycles. The first-order valence-electron chi connectivity index (χ1n) is 8.91. The van der Waals surface area contributed by atoms with Gasteiger partial charge in [-0.1, -0.05) is 17.6 Å². The molecule has 0 spiro atoms. The van der Waals surface area contributed by atoms with Gasteiger partial charge in [0.1, 0.15) is 10.3 Å². The van der Waals surface area contributed by atoms with E-state index < -0.39 is 16.1 Å². The number of hydrogen-bond donors (Lipinski definition) is 1. The number of nitrogens with one attached hydrogen (secondary N) is 1. The van der Waals surface area contributed by atoms with Crippen LogP contribution in [0.1, 0.15) is 43.4 Å². The Kier molecular flexibility index (Phi) is 4.85. The van der Waals surface area contributed by atoms with E-state index in [1.807, 2.05) is 0 Å². The molecule has 1 saturated heterocycles. The molecule has 0 aromatic carbocycles. The number of aryl methyl sites for hydroxylation is 1. The zero-order valence-corrected chi connectivity index (χ0v) is 15.9. The molecule has 0 unspecified atom stereocenters. The molecule has 1 atom stereocenters. The molecule has 4 rings (SSSR count). The van der Waals surface area contributed by atoms with E-state index in [2.05, 4.69) is 10.5 Å². The Balaban J connectivity index is 1.57. The fourth-order valence-corrected chi connectivity index (χ4v) is 6.44. The van der Waals surface area contributed by atoms with Crippen molar-refractivity contribution in [3.8, 4) is 0 Å². The molecule has 7 nitrogen and oxygen atoms in total. The summed E-state index contributed by atoms with van der Waals surface area (Å²) in [5, 5.41) is 8.57. The maximum absolute atomic E-state index is 12.9. The number of piperidine rings is 1. The lowest BCUT2D eigenvalue weighted by molar-refractivity contribution is -0.120. The Morgan fingerprint density at radius 2 is 2.12 bits per heavy atom. The molecule has 1 N–H and O–H groups in total. The number of carbonyl (C=O) groups is 1. The molecular weight excluding hydrogens is 374 g/mol. The monoisotopic (exact) mass is 395 g/mol. The number of nitrogens with zero attached hydrogens (tertiary/aromatic N) is 2. The van der Waals surface area contributed by atoms with Crippen molar-refractivity contribution in [2.45, 2.75) is 55.2 Å². The Morgan fingerprint density at radius 1 is 1.27 bits per heavy atom. The topological polar surface area (TPSA) is 92.5 Å². The summed E-state index contributed by atoms with van der Waals surface area (Å²) in [4.78, 5) is 12.9. The average Bonchev–Trinajstić information content (AvgIpc) is 3.33. The van der Waals surface area contributed by atoms with Gasteiger partial charge in [0.05, 0.1) is 5.69 Å². The summed E-state index contributed by atoms with van der Waals surface area (Å²) in [5.74, 6) is 0.0399. The van der Waals surface area contributed by atoms with Crippen molar-refractivity contribution in [2.24, 2.45) is 0 Å². The molecule has 0 bridgehead atoms. The van der Waals surface area contributed by atoms with Crippen LogP contribution < -0.4 is 5.32 Å². The van der Waals surface area contributed by atoms with Crippen LogP contribution in [0.5, 0.6) is 0 Å². The van der Waals surface area contributed by atoms with Gasteiger partial charge in [-0.25, -0.2) is 8.42 Å². The van der Waals surface area contributed by atoms with Crippen molar-refractivity contribution in [3.63, 3.8) is 0 Å². The number of rotatable bonds is 4. The maximum atomic E-state index is 12.9. The van der Waals surface area contributed by atoms with Gasteiger partial charge in [-0.05, 0) is 50.0 Å². The Bertz CT molecular complexity index is 889. The third-order valence-electron chi connectivity index (χ3n) is 5.01. The summed E-state index contributed by atoms with van der Waals surface area (Å²) >= 11 is 1.17. The first-order valence-corrected chi connectivity index (χ1v) is 11.2. The molecule has 1 fully saturated rings. The molecule has 1 aliphatic carbocycles. The fourth-order valence-electron chi connectivity index (χ4n) is 3.66. The first kappa shape index (κ1) is 17.7. The number of hydrogen-bond acceptors (Lipinski definition) is 6. The third-order valence-corrected chi connectivity index (χ3v) is 8.29. The van der Waals surface area contributed by atoms with Crippen molar-refractivity contribution < 1.29 is 17.7 Å². The Hall–Kier alpha value is -1.71. The van der Waals surface area contributed by atoms with Gasteiger partial charge in [-0.15, -0.1) is 11.3 Å². The van der Waals surface area contributed by atoms with Crippen molar-refractivity contribution in [1.82, 2.24) is 9.46 Å². The van der Waals surface area contributed by atoms with E-state index in [0.29, 0.717) is 18.8 Å². The largest absolute Gasteiger partial charge is 0.338 e. The molecule has 26 heavy (non-hydrogen) atoms. The number of carbonyl (C=O) groups excluding carboxylic acids is 1.